The molecule has 394 valence electrons. The minimum Gasteiger partial charge on any atom is -0.455 e. The van der Waals surface area contributed by atoms with Crippen molar-refractivity contribution in [1.29, 1.82) is 0 Å². The molecule has 0 aromatic heterocycles. The van der Waals surface area contributed by atoms with E-state index in [0.717, 1.165) is 122 Å². The van der Waals surface area contributed by atoms with Crippen molar-refractivity contribution in [3.05, 3.63) is 110 Å². The number of ether oxygens (including phenoxy) is 3. The van der Waals surface area contributed by atoms with E-state index < -0.39 is 31.7 Å². The second-order valence-corrected chi connectivity index (χ2v) is 21.7. The minimum absolute atomic E-state index is 0.00223. The van der Waals surface area contributed by atoms with Crippen LogP contribution in [0.4, 0.5) is 23.7 Å². The van der Waals surface area contributed by atoms with Crippen LogP contribution in [0.15, 0.2) is 54.6 Å². The standard InChI is InChI=1S/C55H63F3N5O10P/c1-35-16-18-39(19-17-35)72-54(67)69-31-28-61(3)52(65)41-21-20-40(74(68,70-29-6-4-22-59-36(2)64)71-30-7-5-23-60-53(66)55(56,57)58)34-44(41)47-45-32-37-12-8-24-62-26-10-14-42(48(37)62)50(45)73-51-43-15-11-27-63-25-9-13-38(49(43)63)33-46(47)51/h16-21,32-34H,4-15,22-31H2,1-3H3,(H-,59,60,64,66)/p+1. The number of hydrogen-bond donors (Lipinski definition) is 2. The number of rotatable bonds is 19. The molecule has 15 nitrogen and oxygen atoms in total. The minimum atomic E-state index is -5.03. The molecular weight excluding hydrogens is 979 g/mol. The summed E-state index contributed by atoms with van der Waals surface area (Å²) in [5.74, 6) is -0.842. The van der Waals surface area contributed by atoms with Gasteiger partial charge in [-0.05, 0) is 125 Å². The molecule has 74 heavy (non-hydrogen) atoms. The fourth-order valence-corrected chi connectivity index (χ4v) is 12.4. The number of alkyl halides is 3. The van der Waals surface area contributed by atoms with Crippen molar-refractivity contribution in [3.63, 3.8) is 0 Å². The molecule has 5 heterocycles. The normalized spacial score (nSPS) is 16.1. The Bertz CT molecular complexity index is 3010. The van der Waals surface area contributed by atoms with Gasteiger partial charge < -0.3 is 43.7 Å². The van der Waals surface area contributed by atoms with E-state index >= 15 is 9.36 Å². The number of anilines is 1. The van der Waals surface area contributed by atoms with Crippen LogP contribution in [0.25, 0.3) is 5.57 Å². The number of carbonyl (C=O) groups excluding carboxylic acids is 4. The summed E-state index contributed by atoms with van der Waals surface area (Å²) in [5.41, 5.74) is 9.14. The lowest BCUT2D eigenvalue weighted by atomic mass is 9.81. The number of nitrogens with one attached hydrogen (secondary N) is 2. The van der Waals surface area contributed by atoms with Gasteiger partial charge in [-0.2, -0.15) is 13.2 Å². The SMILES string of the molecule is CC(=O)NCCCCOP(=O)(OCCCCNC(=O)C(F)(F)F)c1ccc(C(=O)N(C)CCOC(=O)Oc2ccc(C)cc2)c(C2=c3cc4c5c(c3Oc3c2cc2c6c3CCCN6CCC2)CCC[N+]=5CCC4)c1. The summed E-state index contributed by atoms with van der Waals surface area (Å²) in [7, 11) is -2.67. The van der Waals surface area contributed by atoms with Crippen LogP contribution < -0.4 is 45.5 Å². The van der Waals surface area contributed by atoms with Gasteiger partial charge in [0.25, 0.3) is 5.91 Å². The highest BCUT2D eigenvalue weighted by atomic mass is 31.2. The first-order valence-corrected chi connectivity index (χ1v) is 27.4. The van der Waals surface area contributed by atoms with Crippen molar-refractivity contribution >= 4 is 48.0 Å². The van der Waals surface area contributed by atoms with Gasteiger partial charge in [0.15, 0.2) is 0 Å². The molecule has 5 aliphatic rings. The zero-order chi connectivity index (χ0) is 52.1. The largest absolute Gasteiger partial charge is 0.513 e. The molecule has 0 saturated heterocycles. The predicted molar refractivity (Wildman–Crippen MR) is 272 cm³/mol. The van der Waals surface area contributed by atoms with Gasteiger partial charge in [0, 0.05) is 91.7 Å². The third-order valence-corrected chi connectivity index (χ3v) is 16.3. The van der Waals surface area contributed by atoms with Crippen molar-refractivity contribution in [1.82, 2.24) is 20.1 Å². The quantitative estimate of drug-likeness (QED) is 0.0289. The van der Waals surface area contributed by atoms with Crippen molar-refractivity contribution < 1.29 is 60.2 Å². The van der Waals surface area contributed by atoms with Crippen LogP contribution in [0.1, 0.15) is 108 Å². The van der Waals surface area contributed by atoms with Crippen molar-refractivity contribution in [3.8, 4) is 17.2 Å². The molecule has 0 spiro atoms. The second-order valence-electron chi connectivity index (χ2n) is 19.6. The number of hydrogen-bond acceptors (Lipinski definition) is 11. The van der Waals surface area contributed by atoms with Gasteiger partial charge in [0.05, 0.1) is 30.6 Å². The second kappa shape index (κ2) is 22.7. The number of carbonyl (C=O) groups is 4. The Kier molecular flexibility index (Phi) is 16.2. The van der Waals surface area contributed by atoms with Crippen molar-refractivity contribution in [2.24, 2.45) is 0 Å². The van der Waals surface area contributed by atoms with E-state index in [2.05, 4.69) is 26.9 Å². The number of aryl methyl sites for hydroxylation is 3. The van der Waals surface area contributed by atoms with Crippen LogP contribution in [0.3, 0.4) is 0 Å². The number of nitrogens with zero attached hydrogens (tertiary/aromatic N) is 3. The summed E-state index contributed by atoms with van der Waals surface area (Å²) in [6.45, 7) is 6.83. The molecule has 5 aliphatic heterocycles. The van der Waals surface area contributed by atoms with E-state index in [1.807, 2.05) is 24.4 Å². The summed E-state index contributed by atoms with van der Waals surface area (Å²) < 4.78 is 87.2. The highest BCUT2D eigenvalue weighted by Gasteiger charge is 2.40. The Morgan fingerprint density at radius 3 is 2.18 bits per heavy atom. The Labute approximate surface area is 428 Å². The predicted octanol–water partition coefficient (Wildman–Crippen LogP) is 6.94. The Morgan fingerprint density at radius 2 is 1.46 bits per heavy atom. The molecule has 0 saturated carbocycles. The number of likely N-dealkylation sites (N-methyl/N-ethyl adjacent to an activating group) is 1. The first-order chi connectivity index (χ1) is 35.6. The molecule has 1 unspecified atom stereocenters. The molecule has 4 aromatic carbocycles. The summed E-state index contributed by atoms with van der Waals surface area (Å²) in [5, 5.41) is 6.79. The molecular formula is C55H64F3N5O10P+. The maximum Gasteiger partial charge on any atom is 0.513 e. The van der Waals surface area contributed by atoms with E-state index in [0.29, 0.717) is 30.7 Å². The third kappa shape index (κ3) is 11.5. The summed E-state index contributed by atoms with van der Waals surface area (Å²) in [6, 6.07) is 16.2. The average molecular weight is 1040 g/mol. The van der Waals surface area contributed by atoms with Gasteiger partial charge in [-0.25, -0.2) is 9.37 Å². The van der Waals surface area contributed by atoms with Gasteiger partial charge in [-0.1, -0.05) is 17.7 Å². The van der Waals surface area contributed by atoms with E-state index in [1.165, 1.54) is 34.0 Å². The number of amides is 3. The summed E-state index contributed by atoms with van der Waals surface area (Å²) >= 11 is 0. The number of fused-ring (bicyclic) bond motifs is 4. The highest BCUT2D eigenvalue weighted by molar-refractivity contribution is 7.62. The molecule has 1 atom stereocenters. The molecule has 0 radical (unpaired) electrons. The molecule has 3 amide bonds. The lowest BCUT2D eigenvalue weighted by Crippen LogP contribution is -2.45. The topological polar surface area (TPSA) is 165 Å². The number of halogens is 3. The van der Waals surface area contributed by atoms with Gasteiger partial charge in [-0.15, -0.1) is 0 Å². The van der Waals surface area contributed by atoms with Crippen LogP contribution in [0, 0.1) is 6.92 Å². The molecule has 9 rings (SSSR count). The smallest absolute Gasteiger partial charge is 0.455 e. The Balaban J connectivity index is 1.15. The molecule has 0 fully saturated rings. The van der Waals surface area contributed by atoms with Crippen LogP contribution in [0.5, 0.6) is 17.2 Å². The Morgan fingerprint density at radius 1 is 0.784 bits per heavy atom. The van der Waals surface area contributed by atoms with Gasteiger partial charge in [0.1, 0.15) is 36.9 Å². The Hall–Kier alpha value is -6.23. The van der Waals surface area contributed by atoms with Gasteiger partial charge in [0.2, 0.25) is 11.3 Å². The van der Waals surface area contributed by atoms with Crippen LogP contribution in [-0.2, 0) is 53.6 Å². The zero-order valence-electron chi connectivity index (χ0n) is 42.3. The van der Waals surface area contributed by atoms with Crippen LogP contribution in [0.2, 0.25) is 0 Å². The van der Waals surface area contributed by atoms with Crippen molar-refractivity contribution in [2.45, 2.75) is 97.1 Å². The highest BCUT2D eigenvalue weighted by Crippen LogP contribution is 2.51. The third-order valence-electron chi connectivity index (χ3n) is 14.3. The average Bonchev–Trinajstić information content (AvgIpc) is 3.38. The maximum atomic E-state index is 15.5. The monoisotopic (exact) mass is 1040 g/mol. The first kappa shape index (κ1) is 52.6. The molecule has 2 N–H and O–H groups in total. The molecule has 0 aliphatic carbocycles. The van der Waals surface area contributed by atoms with Crippen LogP contribution >= 0.6 is 7.60 Å². The number of unbranched alkanes of at least 4 members (excludes halogenated alkanes) is 2. The zero-order valence-corrected chi connectivity index (χ0v) is 43.2. The van der Waals surface area contributed by atoms with Gasteiger partial charge >= 0.3 is 25.8 Å². The number of benzene rings is 4. The van der Waals surface area contributed by atoms with Crippen molar-refractivity contribution in [2.75, 3.05) is 77.6 Å². The van der Waals surface area contributed by atoms with Gasteiger partial charge in [-0.3, -0.25) is 18.9 Å². The van der Waals surface area contributed by atoms with E-state index in [-0.39, 0.29) is 62.5 Å². The lowest BCUT2D eigenvalue weighted by molar-refractivity contribution is -0.173. The molecule has 19 heteroatoms. The fourth-order valence-electron chi connectivity index (χ4n) is 10.8. The lowest BCUT2D eigenvalue weighted by Gasteiger charge is -2.39. The fraction of sp³-hybridized carbons (Fsp3) is 0.473. The summed E-state index contributed by atoms with van der Waals surface area (Å²) in [6.07, 6.45) is 2.36. The van der Waals surface area contributed by atoms with E-state index in [4.69, 9.17) is 23.3 Å². The first-order valence-electron chi connectivity index (χ1n) is 25.8. The maximum absolute atomic E-state index is 15.5. The van der Waals surface area contributed by atoms with Crippen LogP contribution in [-0.4, -0.2) is 108 Å². The molecule has 4 aromatic rings. The van der Waals surface area contributed by atoms with E-state index in [9.17, 15) is 27.6 Å². The molecule has 0 bridgehead atoms. The summed E-state index contributed by atoms with van der Waals surface area (Å²) in [4.78, 5) is 54.9. The van der Waals surface area contributed by atoms with E-state index in [1.54, 1.807) is 37.4 Å².